The zero-order valence-corrected chi connectivity index (χ0v) is 16.1. The van der Waals surface area contributed by atoms with Gasteiger partial charge in [0.1, 0.15) is 17.4 Å². The Hall–Kier alpha value is -3.45. The minimum Gasteiger partial charge on any atom is -0.458 e. The predicted molar refractivity (Wildman–Crippen MR) is 111 cm³/mol. The van der Waals surface area contributed by atoms with Gasteiger partial charge in [-0.15, -0.1) is 11.3 Å². The summed E-state index contributed by atoms with van der Waals surface area (Å²) in [5.41, 5.74) is 3.53. The molecule has 0 bridgehead atoms. The lowest BCUT2D eigenvalue weighted by atomic mass is 10.00. The second-order valence-corrected chi connectivity index (χ2v) is 8.12. The summed E-state index contributed by atoms with van der Waals surface area (Å²) in [7, 11) is 0. The molecule has 7 heteroatoms. The topological polar surface area (TPSA) is 75.0 Å². The molecule has 1 atom stereocenters. The van der Waals surface area contributed by atoms with Crippen LogP contribution >= 0.6 is 11.3 Å². The van der Waals surface area contributed by atoms with Crippen LogP contribution in [0.15, 0.2) is 65.3 Å². The monoisotopic (exact) mass is 400 g/mol. The van der Waals surface area contributed by atoms with E-state index in [1.165, 1.54) is 11.3 Å². The van der Waals surface area contributed by atoms with Gasteiger partial charge >= 0.3 is 0 Å². The number of hydrogen-bond donors (Lipinski definition) is 1. The first-order valence-corrected chi connectivity index (χ1v) is 10.3. The molecule has 0 spiro atoms. The smallest absolute Gasteiger partial charge is 0.283 e. The van der Waals surface area contributed by atoms with Crippen LogP contribution in [0, 0.1) is 0 Å². The molecule has 0 saturated carbocycles. The minimum atomic E-state index is -0.378. The number of H-pyrrole nitrogens is 1. The van der Waals surface area contributed by atoms with Crippen molar-refractivity contribution >= 4 is 38.4 Å². The molecule has 2 aromatic carbocycles. The second-order valence-electron chi connectivity index (χ2n) is 7.09. The quantitative estimate of drug-likeness (QED) is 0.472. The van der Waals surface area contributed by atoms with Crippen LogP contribution in [0.4, 0.5) is 0 Å². The number of hydrogen-bond acceptors (Lipinski definition) is 5. The first kappa shape index (κ1) is 16.5. The summed E-state index contributed by atoms with van der Waals surface area (Å²) in [5, 5.41) is 1.50. The first-order chi connectivity index (χ1) is 14.3. The summed E-state index contributed by atoms with van der Waals surface area (Å²) < 4.78 is 7.15. The lowest BCUT2D eigenvalue weighted by Crippen LogP contribution is -2.40. The fourth-order valence-corrected chi connectivity index (χ4v) is 4.93. The summed E-state index contributed by atoms with van der Waals surface area (Å²) in [6.45, 7) is 0.575. The van der Waals surface area contributed by atoms with Crippen molar-refractivity contribution in [2.75, 3.05) is 6.54 Å². The maximum Gasteiger partial charge on any atom is 0.283 e. The molecule has 1 N–H and O–H groups in total. The zero-order valence-electron chi connectivity index (χ0n) is 15.3. The highest BCUT2D eigenvalue weighted by Gasteiger charge is 2.37. The standard InChI is InChI=1S/C22H16N4O2S/c27-22(21-25-14-6-2-4-8-18(14)29-21)26-10-9-15-19(24-12-23-15)20(26)17-11-13-5-1-3-7-16(13)28-17/h1-8,11-12,20H,9-10H2,(H,23,24)/t20-/m1/s1. The van der Waals surface area contributed by atoms with Crippen molar-refractivity contribution in [3.8, 4) is 0 Å². The molecule has 0 aliphatic carbocycles. The number of aromatic nitrogens is 3. The Kier molecular flexibility index (Phi) is 3.57. The maximum atomic E-state index is 13.5. The molecular formula is C22H16N4O2S. The molecule has 29 heavy (non-hydrogen) atoms. The summed E-state index contributed by atoms with van der Waals surface area (Å²) in [6.07, 6.45) is 2.41. The number of rotatable bonds is 2. The number of nitrogens with one attached hydrogen (secondary N) is 1. The van der Waals surface area contributed by atoms with Crippen LogP contribution in [-0.2, 0) is 6.42 Å². The first-order valence-electron chi connectivity index (χ1n) is 9.45. The molecule has 0 radical (unpaired) electrons. The molecule has 4 heterocycles. The molecule has 5 aromatic rings. The van der Waals surface area contributed by atoms with Crippen molar-refractivity contribution in [2.24, 2.45) is 0 Å². The minimum absolute atomic E-state index is 0.0923. The van der Waals surface area contributed by atoms with Crippen LogP contribution in [0.1, 0.15) is 33.0 Å². The number of carbonyl (C=O) groups excluding carboxylic acids is 1. The highest BCUT2D eigenvalue weighted by atomic mass is 32.1. The van der Waals surface area contributed by atoms with Gasteiger partial charge < -0.3 is 14.3 Å². The number of imidazole rings is 1. The Balaban J connectivity index is 1.47. The van der Waals surface area contributed by atoms with Crippen LogP contribution in [-0.4, -0.2) is 32.3 Å². The van der Waals surface area contributed by atoms with E-state index in [1.807, 2.05) is 59.5 Å². The van der Waals surface area contributed by atoms with Crippen molar-refractivity contribution < 1.29 is 9.21 Å². The second kappa shape index (κ2) is 6.28. The zero-order chi connectivity index (χ0) is 19.4. The van der Waals surface area contributed by atoms with E-state index in [0.29, 0.717) is 17.3 Å². The number of para-hydroxylation sites is 2. The van der Waals surface area contributed by atoms with Crippen molar-refractivity contribution in [1.82, 2.24) is 19.9 Å². The molecule has 1 amide bonds. The lowest BCUT2D eigenvalue weighted by molar-refractivity contribution is 0.0672. The lowest BCUT2D eigenvalue weighted by Gasteiger charge is -2.33. The SMILES string of the molecule is O=C(c1nc2ccccc2s1)N1CCc2[nH]cnc2[C@H]1c1cc2ccccc2o1. The van der Waals surface area contributed by atoms with E-state index < -0.39 is 0 Å². The third-order valence-corrected chi connectivity index (χ3v) is 6.40. The number of fused-ring (bicyclic) bond motifs is 3. The van der Waals surface area contributed by atoms with E-state index in [4.69, 9.17) is 4.42 Å². The highest BCUT2D eigenvalue weighted by Crippen LogP contribution is 2.37. The van der Waals surface area contributed by atoms with Crippen molar-refractivity contribution in [1.29, 1.82) is 0 Å². The molecule has 6 rings (SSSR count). The average Bonchev–Trinajstić information content (AvgIpc) is 3.49. The molecule has 0 unspecified atom stereocenters. The van der Waals surface area contributed by atoms with E-state index in [1.54, 1.807) is 6.33 Å². The van der Waals surface area contributed by atoms with E-state index in [9.17, 15) is 4.79 Å². The average molecular weight is 400 g/mol. The van der Waals surface area contributed by atoms with Gasteiger partial charge in [0.15, 0.2) is 5.01 Å². The summed E-state index contributed by atoms with van der Waals surface area (Å²) in [4.78, 5) is 27.6. The third kappa shape index (κ3) is 2.58. The molecule has 1 aliphatic rings. The normalized spacial score (nSPS) is 16.4. The van der Waals surface area contributed by atoms with Crippen LogP contribution < -0.4 is 0 Å². The van der Waals surface area contributed by atoms with Gasteiger partial charge in [-0.25, -0.2) is 9.97 Å². The molecule has 0 fully saturated rings. The molecule has 6 nitrogen and oxygen atoms in total. The number of thiazole rings is 1. The summed E-state index contributed by atoms with van der Waals surface area (Å²) >= 11 is 1.42. The number of amides is 1. The van der Waals surface area contributed by atoms with E-state index >= 15 is 0 Å². The van der Waals surface area contributed by atoms with Crippen molar-refractivity contribution in [3.05, 3.63) is 83.1 Å². The molecule has 142 valence electrons. The molecule has 3 aromatic heterocycles. The Bertz CT molecular complexity index is 1300. The van der Waals surface area contributed by atoms with E-state index in [-0.39, 0.29) is 11.9 Å². The highest BCUT2D eigenvalue weighted by molar-refractivity contribution is 7.20. The fourth-order valence-electron chi connectivity index (χ4n) is 4.01. The number of benzene rings is 2. The Labute approximate surface area is 169 Å². The van der Waals surface area contributed by atoms with Crippen LogP contribution in [0.25, 0.3) is 21.2 Å². The van der Waals surface area contributed by atoms with Crippen molar-refractivity contribution in [3.63, 3.8) is 0 Å². The molecular weight excluding hydrogens is 384 g/mol. The number of furan rings is 1. The molecule has 1 aliphatic heterocycles. The fraction of sp³-hybridized carbons (Fsp3) is 0.136. The van der Waals surface area contributed by atoms with Gasteiger partial charge in [-0.2, -0.15) is 0 Å². The van der Waals surface area contributed by atoms with Crippen LogP contribution in [0.3, 0.4) is 0 Å². The van der Waals surface area contributed by atoms with Gasteiger partial charge in [0.2, 0.25) is 0 Å². The van der Waals surface area contributed by atoms with Gasteiger partial charge in [-0.05, 0) is 24.3 Å². The third-order valence-electron chi connectivity index (χ3n) is 5.38. The van der Waals surface area contributed by atoms with E-state index in [0.717, 1.165) is 39.0 Å². The van der Waals surface area contributed by atoms with E-state index in [2.05, 4.69) is 15.0 Å². The van der Waals surface area contributed by atoms with Gasteiger partial charge in [-0.3, -0.25) is 4.79 Å². The van der Waals surface area contributed by atoms with Crippen LogP contribution in [0.2, 0.25) is 0 Å². The maximum absolute atomic E-state index is 13.5. The van der Waals surface area contributed by atoms with Gasteiger partial charge in [0.25, 0.3) is 5.91 Å². The Morgan fingerprint density at radius 3 is 2.93 bits per heavy atom. The van der Waals surface area contributed by atoms with Gasteiger partial charge in [-0.1, -0.05) is 30.3 Å². The summed E-state index contributed by atoms with van der Waals surface area (Å²) in [6, 6.07) is 17.3. The van der Waals surface area contributed by atoms with Gasteiger partial charge in [0, 0.05) is 24.0 Å². The number of nitrogens with zero attached hydrogens (tertiary/aromatic N) is 3. The van der Waals surface area contributed by atoms with Crippen LogP contribution in [0.5, 0.6) is 0 Å². The number of aromatic amines is 1. The van der Waals surface area contributed by atoms with Gasteiger partial charge in [0.05, 0.1) is 22.2 Å². The number of carbonyl (C=O) groups is 1. The largest absolute Gasteiger partial charge is 0.458 e. The Morgan fingerprint density at radius 2 is 2.03 bits per heavy atom. The van der Waals surface area contributed by atoms with Crippen molar-refractivity contribution in [2.45, 2.75) is 12.5 Å². The predicted octanol–water partition coefficient (Wildman–Crippen LogP) is 4.55. The molecule has 0 saturated heterocycles. The summed E-state index contributed by atoms with van der Waals surface area (Å²) in [5.74, 6) is 0.624. The Morgan fingerprint density at radius 1 is 1.17 bits per heavy atom.